The molecule has 0 saturated carbocycles. The van der Waals surface area contributed by atoms with Crippen molar-refractivity contribution in [1.29, 1.82) is 0 Å². The van der Waals surface area contributed by atoms with Gasteiger partial charge >= 0.3 is 0 Å². The summed E-state index contributed by atoms with van der Waals surface area (Å²) in [7, 11) is 0. The molecule has 1 N–H and O–H groups in total. The number of hydrogen-bond donors (Lipinski definition) is 1. The van der Waals surface area contributed by atoms with Crippen LogP contribution in [0, 0.1) is 11.7 Å². The Hall–Kier alpha value is -0.640. The first-order valence-corrected chi connectivity index (χ1v) is 6.67. The molecule has 0 fully saturated rings. The fraction of sp³-hybridized carbons (Fsp3) is 0.571. The van der Waals surface area contributed by atoms with E-state index in [0.717, 1.165) is 0 Å². The molecule has 18 heavy (non-hydrogen) atoms. The third-order valence-electron chi connectivity index (χ3n) is 2.87. The Labute approximate surface area is 113 Å². The van der Waals surface area contributed by atoms with Gasteiger partial charge in [-0.3, -0.25) is 0 Å². The maximum Gasteiger partial charge on any atom is 0.127 e. The van der Waals surface area contributed by atoms with Crippen LogP contribution in [0.1, 0.15) is 26.3 Å². The lowest BCUT2D eigenvalue weighted by atomic mass is 10.0. The third kappa shape index (κ3) is 4.92. The molecule has 1 atom stereocenters. The fourth-order valence-electron chi connectivity index (χ4n) is 1.65. The number of halogens is 2. The molecule has 102 valence electrons. The van der Waals surface area contributed by atoms with Crippen molar-refractivity contribution in [2.24, 2.45) is 5.92 Å². The van der Waals surface area contributed by atoms with Gasteiger partial charge in [0.15, 0.2) is 0 Å². The summed E-state index contributed by atoms with van der Waals surface area (Å²) >= 11 is 5.86. The van der Waals surface area contributed by atoms with Crippen molar-refractivity contribution in [2.75, 3.05) is 13.2 Å². The first kappa shape index (κ1) is 15.4. The number of nitrogens with one attached hydrogen (secondary N) is 1. The van der Waals surface area contributed by atoms with Crippen LogP contribution in [0.3, 0.4) is 0 Å². The lowest BCUT2D eigenvalue weighted by Gasteiger charge is -2.22. The van der Waals surface area contributed by atoms with Crippen molar-refractivity contribution in [3.05, 3.63) is 34.6 Å². The summed E-state index contributed by atoms with van der Waals surface area (Å²) in [5.41, 5.74) is 0.588. The number of ether oxygens (including phenoxy) is 1. The molecule has 0 bridgehead atoms. The molecule has 0 heterocycles. The first-order chi connectivity index (χ1) is 8.54. The van der Waals surface area contributed by atoms with E-state index in [-0.39, 0.29) is 11.9 Å². The molecule has 1 aromatic carbocycles. The van der Waals surface area contributed by atoms with E-state index in [0.29, 0.717) is 36.3 Å². The number of benzene rings is 1. The minimum atomic E-state index is -0.231. The summed E-state index contributed by atoms with van der Waals surface area (Å²) in [4.78, 5) is 0. The van der Waals surface area contributed by atoms with Crippen LogP contribution in [0.25, 0.3) is 0 Å². The Balaban J connectivity index is 2.58. The molecule has 0 saturated heterocycles. The Kier molecular flexibility index (Phi) is 6.61. The molecule has 0 radical (unpaired) electrons. The monoisotopic (exact) mass is 273 g/mol. The van der Waals surface area contributed by atoms with E-state index in [1.165, 1.54) is 6.07 Å². The van der Waals surface area contributed by atoms with Crippen molar-refractivity contribution >= 4 is 11.6 Å². The summed E-state index contributed by atoms with van der Waals surface area (Å²) in [6, 6.07) is 4.82. The molecule has 4 heteroatoms. The molecule has 0 aliphatic rings. The molecule has 0 aromatic heterocycles. The zero-order valence-electron chi connectivity index (χ0n) is 11.2. The molecule has 0 aliphatic carbocycles. The van der Waals surface area contributed by atoms with Crippen molar-refractivity contribution < 1.29 is 9.13 Å². The van der Waals surface area contributed by atoms with E-state index in [1.807, 2.05) is 6.92 Å². The average molecular weight is 274 g/mol. The van der Waals surface area contributed by atoms with Crippen molar-refractivity contribution in [3.63, 3.8) is 0 Å². The predicted molar refractivity (Wildman–Crippen MR) is 73.4 cm³/mol. The maximum absolute atomic E-state index is 13.5. The van der Waals surface area contributed by atoms with Gasteiger partial charge in [0.25, 0.3) is 0 Å². The van der Waals surface area contributed by atoms with Gasteiger partial charge in [-0.1, -0.05) is 25.4 Å². The van der Waals surface area contributed by atoms with Crippen LogP contribution in [0.5, 0.6) is 0 Å². The lowest BCUT2D eigenvalue weighted by molar-refractivity contribution is 0.107. The van der Waals surface area contributed by atoms with Crippen LogP contribution in [0.4, 0.5) is 4.39 Å². The molecule has 1 aromatic rings. The maximum atomic E-state index is 13.5. The highest BCUT2D eigenvalue weighted by Crippen LogP contribution is 2.15. The first-order valence-electron chi connectivity index (χ1n) is 6.29. The van der Waals surface area contributed by atoms with Gasteiger partial charge in [0.2, 0.25) is 0 Å². The van der Waals surface area contributed by atoms with E-state index in [1.54, 1.807) is 12.1 Å². The van der Waals surface area contributed by atoms with Crippen LogP contribution in [-0.4, -0.2) is 19.3 Å². The molecule has 0 spiro atoms. The smallest absolute Gasteiger partial charge is 0.127 e. The number of hydrogen-bond acceptors (Lipinski definition) is 2. The Morgan fingerprint density at radius 3 is 2.72 bits per heavy atom. The SMILES string of the molecule is CCOCC(NCc1cc(Cl)ccc1F)C(C)C. The van der Waals surface area contributed by atoms with Crippen LogP contribution < -0.4 is 5.32 Å². The second kappa shape index (κ2) is 7.72. The minimum Gasteiger partial charge on any atom is -0.380 e. The van der Waals surface area contributed by atoms with E-state index in [4.69, 9.17) is 16.3 Å². The normalized spacial score (nSPS) is 13.0. The summed E-state index contributed by atoms with van der Waals surface area (Å²) < 4.78 is 19.0. The quantitative estimate of drug-likeness (QED) is 0.819. The molecule has 0 aliphatic heterocycles. The molecular formula is C14H21ClFNO. The standard InChI is InChI=1S/C14H21ClFNO/c1-4-18-9-14(10(2)3)17-8-11-7-12(15)5-6-13(11)16/h5-7,10,14,17H,4,8-9H2,1-3H3. The molecule has 1 unspecified atom stereocenters. The van der Waals surface area contributed by atoms with Crippen LogP contribution >= 0.6 is 11.6 Å². The molecule has 2 nitrogen and oxygen atoms in total. The van der Waals surface area contributed by atoms with E-state index < -0.39 is 0 Å². The Morgan fingerprint density at radius 1 is 1.39 bits per heavy atom. The van der Waals surface area contributed by atoms with Crippen LogP contribution in [0.2, 0.25) is 5.02 Å². The second-order valence-electron chi connectivity index (χ2n) is 4.63. The van der Waals surface area contributed by atoms with Crippen LogP contribution in [0.15, 0.2) is 18.2 Å². The van der Waals surface area contributed by atoms with Crippen molar-refractivity contribution in [3.8, 4) is 0 Å². The average Bonchev–Trinajstić information content (AvgIpc) is 2.33. The highest BCUT2D eigenvalue weighted by Gasteiger charge is 2.13. The molecule has 0 amide bonds. The van der Waals surface area contributed by atoms with Gasteiger partial charge in [0, 0.05) is 29.8 Å². The summed E-state index contributed by atoms with van der Waals surface area (Å²) in [6.45, 7) is 7.99. The van der Waals surface area contributed by atoms with Gasteiger partial charge in [-0.2, -0.15) is 0 Å². The highest BCUT2D eigenvalue weighted by atomic mass is 35.5. The molecular weight excluding hydrogens is 253 g/mol. The zero-order chi connectivity index (χ0) is 13.5. The van der Waals surface area contributed by atoms with Gasteiger partial charge in [-0.25, -0.2) is 4.39 Å². The van der Waals surface area contributed by atoms with Gasteiger partial charge in [0.1, 0.15) is 5.82 Å². The Bertz CT molecular complexity index is 371. The van der Waals surface area contributed by atoms with Crippen molar-refractivity contribution in [1.82, 2.24) is 5.32 Å². The minimum absolute atomic E-state index is 0.211. The summed E-state index contributed by atoms with van der Waals surface area (Å²) in [5.74, 6) is 0.199. The third-order valence-corrected chi connectivity index (χ3v) is 3.10. The fourth-order valence-corrected chi connectivity index (χ4v) is 1.85. The summed E-state index contributed by atoms with van der Waals surface area (Å²) in [6.07, 6.45) is 0. The summed E-state index contributed by atoms with van der Waals surface area (Å²) in [5, 5.41) is 3.87. The molecule has 1 rings (SSSR count). The predicted octanol–water partition coefficient (Wildman–Crippen LogP) is 3.63. The van der Waals surface area contributed by atoms with Crippen LogP contribution in [-0.2, 0) is 11.3 Å². The van der Waals surface area contributed by atoms with Gasteiger partial charge < -0.3 is 10.1 Å². The van der Waals surface area contributed by atoms with Crippen molar-refractivity contribution in [2.45, 2.75) is 33.4 Å². The lowest BCUT2D eigenvalue weighted by Crippen LogP contribution is -2.37. The van der Waals surface area contributed by atoms with E-state index >= 15 is 0 Å². The van der Waals surface area contributed by atoms with Gasteiger partial charge in [0.05, 0.1) is 6.61 Å². The van der Waals surface area contributed by atoms with Gasteiger partial charge in [-0.15, -0.1) is 0 Å². The topological polar surface area (TPSA) is 21.3 Å². The van der Waals surface area contributed by atoms with Gasteiger partial charge in [-0.05, 0) is 31.0 Å². The largest absolute Gasteiger partial charge is 0.380 e. The zero-order valence-corrected chi connectivity index (χ0v) is 11.9. The van der Waals surface area contributed by atoms with E-state index in [2.05, 4.69) is 19.2 Å². The highest BCUT2D eigenvalue weighted by molar-refractivity contribution is 6.30. The van der Waals surface area contributed by atoms with E-state index in [9.17, 15) is 4.39 Å². The Morgan fingerprint density at radius 2 is 2.11 bits per heavy atom. The second-order valence-corrected chi connectivity index (χ2v) is 5.06. The number of rotatable bonds is 7.